The summed E-state index contributed by atoms with van der Waals surface area (Å²) in [6.07, 6.45) is 2.30. The van der Waals surface area contributed by atoms with E-state index in [9.17, 15) is 0 Å². The highest BCUT2D eigenvalue weighted by Crippen LogP contribution is 2.37. The monoisotopic (exact) mass is 482 g/mol. The molecule has 0 amide bonds. The molecule has 0 aliphatic rings. The van der Waals surface area contributed by atoms with Crippen LogP contribution in [0.5, 0.6) is 0 Å². The van der Waals surface area contributed by atoms with Crippen LogP contribution in [-0.2, 0) is 0 Å². The van der Waals surface area contributed by atoms with Crippen molar-refractivity contribution in [3.63, 3.8) is 0 Å². The molecule has 0 saturated heterocycles. The van der Waals surface area contributed by atoms with Gasteiger partial charge >= 0.3 is 0 Å². The predicted octanol–water partition coefficient (Wildman–Crippen LogP) is 10.4. The van der Waals surface area contributed by atoms with Crippen LogP contribution in [0.2, 0.25) is 0 Å². The average molecular weight is 483 g/mol. The van der Waals surface area contributed by atoms with Crippen molar-refractivity contribution < 1.29 is 0 Å². The van der Waals surface area contributed by atoms with Gasteiger partial charge in [0.05, 0.1) is 0 Å². The lowest BCUT2D eigenvalue weighted by Gasteiger charge is -2.13. The second-order valence-corrected chi connectivity index (χ2v) is 9.77. The Morgan fingerprint density at radius 1 is 0.342 bits per heavy atom. The number of fused-ring (bicyclic) bond motifs is 6. The smallest absolute Gasteiger partial charge is 0.00928 e. The van der Waals surface area contributed by atoms with Crippen LogP contribution in [0.25, 0.3) is 55.1 Å². The molecular formula is C38H26. The summed E-state index contributed by atoms with van der Waals surface area (Å²) >= 11 is 0. The average Bonchev–Trinajstić information content (AvgIpc) is 3.01. The molecule has 0 unspecified atom stereocenters. The van der Waals surface area contributed by atoms with Crippen LogP contribution in [0.4, 0.5) is 0 Å². The summed E-state index contributed by atoms with van der Waals surface area (Å²) in [5.41, 5.74) is 7.29. The summed E-state index contributed by atoms with van der Waals surface area (Å²) in [6, 6.07) is 54.6. The van der Waals surface area contributed by atoms with Crippen molar-refractivity contribution in [3.05, 3.63) is 168 Å². The lowest BCUT2D eigenvalue weighted by molar-refractivity contribution is 1.55. The molecule has 7 aromatic rings. The first-order valence-electron chi connectivity index (χ1n) is 13.1. The molecule has 0 radical (unpaired) electrons. The van der Waals surface area contributed by atoms with E-state index in [-0.39, 0.29) is 0 Å². The fraction of sp³-hybridized carbons (Fsp3) is 0. The molecule has 0 saturated carbocycles. The molecule has 0 spiro atoms. The molecule has 7 rings (SSSR count). The first-order valence-corrected chi connectivity index (χ1v) is 13.1. The predicted molar refractivity (Wildman–Crippen MR) is 164 cm³/mol. The third kappa shape index (κ3) is 3.97. The Morgan fingerprint density at radius 3 is 1.39 bits per heavy atom. The molecular weight excluding hydrogens is 456 g/mol. The second-order valence-electron chi connectivity index (χ2n) is 9.77. The Kier molecular flexibility index (Phi) is 5.57. The van der Waals surface area contributed by atoms with E-state index in [2.05, 4.69) is 158 Å². The van der Waals surface area contributed by atoms with Gasteiger partial charge in [0.25, 0.3) is 0 Å². The van der Waals surface area contributed by atoms with Crippen molar-refractivity contribution in [1.29, 1.82) is 0 Å². The number of benzene rings is 7. The number of rotatable bonds is 4. The Morgan fingerprint density at radius 2 is 0.816 bits per heavy atom. The van der Waals surface area contributed by atoms with E-state index < -0.39 is 0 Å². The Hall–Kier alpha value is -4.94. The number of hydrogen-bond acceptors (Lipinski definition) is 0. The molecule has 0 heteroatoms. The van der Waals surface area contributed by atoms with Gasteiger partial charge in [-0.2, -0.15) is 0 Å². The standard InChI is InChI=1S/C38H26/c1-3-13-28(14-4-1)37(29-15-5-2-6-16-29)25-27-12-11-17-30(24-27)31-22-23-36-34-20-8-7-18-32(34)33-19-9-10-21-35(33)38(36)26-31/h1-26H. The van der Waals surface area contributed by atoms with E-state index in [1.807, 2.05) is 0 Å². The largest absolute Gasteiger partial charge is 0.0622 e. The summed E-state index contributed by atoms with van der Waals surface area (Å²) in [7, 11) is 0. The van der Waals surface area contributed by atoms with E-state index in [1.54, 1.807) is 0 Å². The quantitative estimate of drug-likeness (QED) is 0.173. The highest BCUT2D eigenvalue weighted by molar-refractivity contribution is 6.25. The zero-order valence-electron chi connectivity index (χ0n) is 21.0. The molecule has 38 heavy (non-hydrogen) atoms. The normalized spacial score (nSPS) is 11.2. The van der Waals surface area contributed by atoms with Crippen LogP contribution >= 0.6 is 0 Å². The van der Waals surface area contributed by atoms with Gasteiger partial charge in [-0.1, -0.05) is 140 Å². The van der Waals surface area contributed by atoms with E-state index in [1.165, 1.54) is 65.7 Å². The highest BCUT2D eigenvalue weighted by atomic mass is 14.1. The Labute approximate surface area is 223 Å². The maximum atomic E-state index is 2.36. The van der Waals surface area contributed by atoms with Crippen LogP contribution < -0.4 is 0 Å². The summed E-state index contributed by atoms with van der Waals surface area (Å²) in [6.45, 7) is 0. The van der Waals surface area contributed by atoms with Gasteiger partial charge in [-0.25, -0.2) is 0 Å². The molecule has 178 valence electrons. The van der Waals surface area contributed by atoms with Gasteiger partial charge < -0.3 is 0 Å². The SMILES string of the molecule is C(=C(c1ccccc1)c1ccccc1)c1cccc(-c2ccc3c4ccccc4c4ccccc4c3c2)c1. The first-order chi connectivity index (χ1) is 18.8. The third-order valence-corrected chi connectivity index (χ3v) is 7.44. The van der Waals surface area contributed by atoms with Crippen molar-refractivity contribution in [3.8, 4) is 11.1 Å². The van der Waals surface area contributed by atoms with Crippen molar-refractivity contribution >= 4 is 44.0 Å². The van der Waals surface area contributed by atoms with Gasteiger partial charge in [0.2, 0.25) is 0 Å². The minimum atomic E-state index is 1.19. The van der Waals surface area contributed by atoms with E-state index in [4.69, 9.17) is 0 Å². The molecule has 0 N–H and O–H groups in total. The van der Waals surface area contributed by atoms with Crippen molar-refractivity contribution in [2.24, 2.45) is 0 Å². The summed E-state index contributed by atoms with van der Waals surface area (Å²) in [4.78, 5) is 0. The van der Waals surface area contributed by atoms with E-state index in [0.29, 0.717) is 0 Å². The molecule has 0 atom stereocenters. The van der Waals surface area contributed by atoms with E-state index >= 15 is 0 Å². The molecule has 0 nitrogen and oxygen atoms in total. The van der Waals surface area contributed by atoms with Crippen molar-refractivity contribution in [2.45, 2.75) is 0 Å². The minimum absolute atomic E-state index is 1.19. The highest BCUT2D eigenvalue weighted by Gasteiger charge is 2.10. The van der Waals surface area contributed by atoms with Crippen molar-refractivity contribution in [1.82, 2.24) is 0 Å². The molecule has 0 fully saturated rings. The lowest BCUT2D eigenvalue weighted by Crippen LogP contribution is -1.88. The molecule has 0 aliphatic carbocycles. The Bertz CT molecular complexity index is 1870. The second kappa shape index (κ2) is 9.50. The maximum Gasteiger partial charge on any atom is -0.00928 e. The summed E-state index contributed by atoms with van der Waals surface area (Å²) < 4.78 is 0. The van der Waals surface area contributed by atoms with Crippen LogP contribution in [0.1, 0.15) is 16.7 Å². The van der Waals surface area contributed by atoms with Gasteiger partial charge in [0.15, 0.2) is 0 Å². The van der Waals surface area contributed by atoms with Gasteiger partial charge in [-0.3, -0.25) is 0 Å². The van der Waals surface area contributed by atoms with Gasteiger partial charge in [0.1, 0.15) is 0 Å². The van der Waals surface area contributed by atoms with Gasteiger partial charge in [-0.05, 0) is 83.9 Å². The third-order valence-electron chi connectivity index (χ3n) is 7.44. The fourth-order valence-corrected chi connectivity index (χ4v) is 5.63. The lowest BCUT2D eigenvalue weighted by atomic mass is 9.91. The molecule has 0 bridgehead atoms. The van der Waals surface area contributed by atoms with Crippen LogP contribution in [-0.4, -0.2) is 0 Å². The van der Waals surface area contributed by atoms with Gasteiger partial charge in [0, 0.05) is 0 Å². The molecule has 0 aliphatic heterocycles. The summed E-state index contributed by atoms with van der Waals surface area (Å²) in [5, 5.41) is 7.82. The van der Waals surface area contributed by atoms with Gasteiger partial charge in [-0.15, -0.1) is 0 Å². The first kappa shape index (κ1) is 22.3. The molecule has 0 aromatic heterocycles. The zero-order chi connectivity index (χ0) is 25.3. The van der Waals surface area contributed by atoms with Crippen molar-refractivity contribution in [2.75, 3.05) is 0 Å². The fourth-order valence-electron chi connectivity index (χ4n) is 5.63. The zero-order valence-corrected chi connectivity index (χ0v) is 21.0. The van der Waals surface area contributed by atoms with E-state index in [0.717, 1.165) is 0 Å². The topological polar surface area (TPSA) is 0 Å². The van der Waals surface area contributed by atoms with Crippen LogP contribution in [0.3, 0.4) is 0 Å². The Balaban J connectivity index is 1.39. The van der Waals surface area contributed by atoms with Crippen LogP contribution in [0, 0.1) is 0 Å². The molecule has 0 heterocycles. The maximum absolute atomic E-state index is 2.36. The summed E-state index contributed by atoms with van der Waals surface area (Å²) in [5.74, 6) is 0. The minimum Gasteiger partial charge on any atom is -0.0622 e. The number of hydrogen-bond donors (Lipinski definition) is 0. The molecule has 7 aromatic carbocycles. The van der Waals surface area contributed by atoms with Crippen LogP contribution in [0.15, 0.2) is 152 Å².